The molecular formula is C17H26ClNS. The van der Waals surface area contributed by atoms with Crippen molar-refractivity contribution in [3.63, 3.8) is 0 Å². The second-order valence-corrected chi connectivity index (χ2v) is 7.55. The molecule has 1 aromatic rings. The van der Waals surface area contributed by atoms with E-state index in [1.54, 1.807) is 0 Å². The Labute approximate surface area is 132 Å². The molecule has 0 saturated heterocycles. The minimum absolute atomic E-state index is 0.742. The van der Waals surface area contributed by atoms with Crippen molar-refractivity contribution < 1.29 is 0 Å². The Hall–Kier alpha value is -0.180. The van der Waals surface area contributed by atoms with Crippen LogP contribution in [0.4, 0.5) is 0 Å². The van der Waals surface area contributed by atoms with Crippen LogP contribution in [0.1, 0.15) is 38.2 Å². The molecule has 1 N–H and O–H groups in total. The van der Waals surface area contributed by atoms with Crippen molar-refractivity contribution in [2.24, 2.45) is 5.92 Å². The summed E-state index contributed by atoms with van der Waals surface area (Å²) in [6.07, 6.45) is 6.54. The summed E-state index contributed by atoms with van der Waals surface area (Å²) in [5.41, 5.74) is 1.38. The van der Waals surface area contributed by atoms with E-state index in [-0.39, 0.29) is 0 Å². The van der Waals surface area contributed by atoms with Crippen molar-refractivity contribution in [1.82, 2.24) is 5.32 Å². The molecule has 1 aliphatic carbocycles. The van der Waals surface area contributed by atoms with Gasteiger partial charge in [-0.3, -0.25) is 0 Å². The highest BCUT2D eigenvalue weighted by Crippen LogP contribution is 2.22. The summed E-state index contributed by atoms with van der Waals surface area (Å²) in [7, 11) is 0. The molecule has 1 fully saturated rings. The molecule has 2 rings (SSSR count). The fourth-order valence-corrected chi connectivity index (χ4v) is 3.39. The Bertz CT molecular complexity index is 392. The first kappa shape index (κ1) is 16.2. The van der Waals surface area contributed by atoms with Gasteiger partial charge in [0.1, 0.15) is 0 Å². The van der Waals surface area contributed by atoms with Gasteiger partial charge in [0, 0.05) is 11.1 Å². The predicted octanol–water partition coefficient (Wildman–Crippen LogP) is 4.78. The normalized spacial score (nSPS) is 16.3. The summed E-state index contributed by atoms with van der Waals surface area (Å²) in [6.45, 7) is 3.40. The van der Waals surface area contributed by atoms with E-state index in [1.165, 1.54) is 42.8 Å². The third kappa shape index (κ3) is 6.51. The van der Waals surface area contributed by atoms with Crippen molar-refractivity contribution in [3.05, 3.63) is 34.9 Å². The van der Waals surface area contributed by atoms with E-state index in [0.29, 0.717) is 0 Å². The van der Waals surface area contributed by atoms with Crippen LogP contribution in [0.3, 0.4) is 0 Å². The second-order valence-electron chi connectivity index (χ2n) is 5.72. The van der Waals surface area contributed by atoms with Gasteiger partial charge in [-0.2, -0.15) is 11.8 Å². The number of benzene rings is 1. The molecule has 0 radical (unpaired) electrons. The Morgan fingerprint density at radius 2 is 2.25 bits per heavy atom. The van der Waals surface area contributed by atoms with E-state index in [9.17, 15) is 0 Å². The molecule has 0 aliphatic heterocycles. The van der Waals surface area contributed by atoms with E-state index < -0.39 is 0 Å². The zero-order valence-corrected chi connectivity index (χ0v) is 14.0. The van der Waals surface area contributed by atoms with Gasteiger partial charge in [-0.1, -0.05) is 30.7 Å². The van der Waals surface area contributed by atoms with Gasteiger partial charge in [0.05, 0.1) is 0 Å². The Morgan fingerprint density at radius 3 is 2.95 bits per heavy atom. The fourth-order valence-electron chi connectivity index (χ4n) is 2.51. The van der Waals surface area contributed by atoms with Gasteiger partial charge in [-0.25, -0.2) is 0 Å². The van der Waals surface area contributed by atoms with Gasteiger partial charge in [-0.15, -0.1) is 0 Å². The quantitative estimate of drug-likeness (QED) is 0.624. The molecule has 1 saturated carbocycles. The van der Waals surface area contributed by atoms with E-state index in [4.69, 9.17) is 11.6 Å². The van der Waals surface area contributed by atoms with E-state index >= 15 is 0 Å². The maximum Gasteiger partial charge on any atom is 0.0408 e. The van der Waals surface area contributed by atoms with Crippen LogP contribution in [0.5, 0.6) is 0 Å². The van der Waals surface area contributed by atoms with Crippen LogP contribution >= 0.6 is 23.4 Å². The second kappa shape index (κ2) is 8.96. The lowest BCUT2D eigenvalue weighted by atomic mass is 9.95. The highest BCUT2D eigenvalue weighted by molar-refractivity contribution is 7.99. The largest absolute Gasteiger partial charge is 0.314 e. The average Bonchev–Trinajstić information content (AvgIpc) is 3.25. The standard InChI is InChI=1S/C17H26ClNS/c1-2-20-10-4-6-15(13-19-17-8-9-17)11-14-5-3-7-16(18)12-14/h3,5,7,12,15,17,19H,2,4,6,8-11,13H2,1H3. The zero-order valence-electron chi connectivity index (χ0n) is 12.4. The summed E-state index contributed by atoms with van der Waals surface area (Å²) < 4.78 is 0. The highest BCUT2D eigenvalue weighted by Gasteiger charge is 2.21. The average molecular weight is 312 g/mol. The third-order valence-electron chi connectivity index (χ3n) is 3.79. The van der Waals surface area contributed by atoms with Crippen molar-refractivity contribution in [2.45, 2.75) is 45.1 Å². The van der Waals surface area contributed by atoms with Gasteiger partial charge < -0.3 is 5.32 Å². The summed E-state index contributed by atoms with van der Waals surface area (Å²) in [5.74, 6) is 3.28. The first-order valence-corrected chi connectivity index (χ1v) is 9.36. The molecule has 1 aromatic carbocycles. The van der Waals surface area contributed by atoms with Crippen LogP contribution in [0.2, 0.25) is 5.02 Å². The van der Waals surface area contributed by atoms with Crippen LogP contribution < -0.4 is 5.32 Å². The fraction of sp³-hybridized carbons (Fsp3) is 0.647. The molecule has 0 heterocycles. The van der Waals surface area contributed by atoms with Crippen LogP contribution in [0, 0.1) is 5.92 Å². The number of thioether (sulfide) groups is 1. The molecule has 1 atom stereocenters. The predicted molar refractivity (Wildman–Crippen MR) is 91.9 cm³/mol. The van der Waals surface area contributed by atoms with Crippen LogP contribution in [-0.2, 0) is 6.42 Å². The minimum atomic E-state index is 0.742. The first-order chi connectivity index (χ1) is 9.78. The summed E-state index contributed by atoms with van der Waals surface area (Å²) in [4.78, 5) is 0. The SMILES string of the molecule is CCSCCCC(CNC1CC1)Cc1cccc(Cl)c1. The molecule has 1 unspecified atom stereocenters. The smallest absolute Gasteiger partial charge is 0.0408 e. The molecule has 0 bridgehead atoms. The summed E-state index contributed by atoms with van der Waals surface area (Å²) >= 11 is 8.15. The maximum absolute atomic E-state index is 6.09. The molecular weight excluding hydrogens is 286 g/mol. The number of hydrogen-bond donors (Lipinski definition) is 1. The molecule has 1 nitrogen and oxygen atoms in total. The molecule has 0 spiro atoms. The monoisotopic (exact) mass is 311 g/mol. The van der Waals surface area contributed by atoms with Crippen molar-refractivity contribution in [3.8, 4) is 0 Å². The number of rotatable bonds is 10. The number of hydrogen-bond acceptors (Lipinski definition) is 2. The van der Waals surface area contributed by atoms with Gasteiger partial charge in [-0.05, 0) is 73.8 Å². The lowest BCUT2D eigenvalue weighted by molar-refractivity contribution is 0.438. The maximum atomic E-state index is 6.09. The molecule has 0 aromatic heterocycles. The molecule has 20 heavy (non-hydrogen) atoms. The lowest BCUT2D eigenvalue weighted by Gasteiger charge is -2.18. The van der Waals surface area contributed by atoms with Crippen LogP contribution in [0.25, 0.3) is 0 Å². The third-order valence-corrected chi connectivity index (χ3v) is 5.01. The van der Waals surface area contributed by atoms with Crippen molar-refractivity contribution in [2.75, 3.05) is 18.1 Å². The van der Waals surface area contributed by atoms with Gasteiger partial charge >= 0.3 is 0 Å². The Kier molecular flexibility index (Phi) is 7.26. The summed E-state index contributed by atoms with van der Waals surface area (Å²) in [5, 5.41) is 4.55. The van der Waals surface area contributed by atoms with Crippen molar-refractivity contribution in [1.29, 1.82) is 0 Å². The highest BCUT2D eigenvalue weighted by atomic mass is 35.5. The zero-order chi connectivity index (χ0) is 14.2. The van der Waals surface area contributed by atoms with Gasteiger partial charge in [0.15, 0.2) is 0 Å². The van der Waals surface area contributed by atoms with E-state index in [0.717, 1.165) is 29.9 Å². The molecule has 1 aliphatic rings. The Morgan fingerprint density at radius 1 is 1.40 bits per heavy atom. The molecule has 0 amide bonds. The number of nitrogens with one attached hydrogen (secondary N) is 1. The van der Waals surface area contributed by atoms with Crippen molar-refractivity contribution >= 4 is 23.4 Å². The molecule has 112 valence electrons. The first-order valence-electron chi connectivity index (χ1n) is 7.83. The van der Waals surface area contributed by atoms with E-state index in [1.807, 2.05) is 6.07 Å². The topological polar surface area (TPSA) is 12.0 Å². The van der Waals surface area contributed by atoms with Crippen LogP contribution in [-0.4, -0.2) is 24.1 Å². The van der Waals surface area contributed by atoms with Crippen LogP contribution in [0.15, 0.2) is 24.3 Å². The van der Waals surface area contributed by atoms with Gasteiger partial charge in [0.25, 0.3) is 0 Å². The lowest BCUT2D eigenvalue weighted by Crippen LogP contribution is -2.26. The summed E-state index contributed by atoms with van der Waals surface area (Å²) in [6, 6.07) is 9.15. The Balaban J connectivity index is 1.80. The minimum Gasteiger partial charge on any atom is -0.314 e. The van der Waals surface area contributed by atoms with Gasteiger partial charge in [0.2, 0.25) is 0 Å². The molecule has 3 heteroatoms. The van der Waals surface area contributed by atoms with E-state index in [2.05, 4.69) is 42.2 Å². The number of halogens is 1.